The first-order valence-corrected chi connectivity index (χ1v) is 8.36. The van der Waals surface area contributed by atoms with Crippen LogP contribution in [0.1, 0.15) is 37.8 Å². The molecule has 3 atom stereocenters. The Bertz CT molecular complexity index is 646. The third kappa shape index (κ3) is 2.87. The van der Waals surface area contributed by atoms with E-state index in [0.29, 0.717) is 23.0 Å². The molecule has 2 rings (SSSR count). The number of rotatable bonds is 3. The van der Waals surface area contributed by atoms with Crippen molar-refractivity contribution in [3.05, 3.63) is 29.3 Å². The fraction of sp³-hybridized carbons (Fsp3) is 0.533. The summed E-state index contributed by atoms with van der Waals surface area (Å²) in [5.74, 6) is 0.874. The Balaban J connectivity index is 2.30. The largest absolute Gasteiger partial charge is 0.241 e. The van der Waals surface area contributed by atoms with Crippen molar-refractivity contribution in [2.45, 2.75) is 44.6 Å². The zero-order chi connectivity index (χ0) is 14.9. The minimum atomic E-state index is -3.56. The second-order valence-electron chi connectivity index (χ2n) is 5.73. The average molecular weight is 292 g/mol. The Kier molecular flexibility index (Phi) is 4.17. The highest BCUT2D eigenvalue weighted by atomic mass is 32.2. The lowest BCUT2D eigenvalue weighted by molar-refractivity contribution is 0.402. The van der Waals surface area contributed by atoms with E-state index in [-0.39, 0.29) is 10.9 Å². The first-order valence-electron chi connectivity index (χ1n) is 6.88. The predicted molar refractivity (Wildman–Crippen MR) is 77.6 cm³/mol. The normalized spacial score (nSPS) is 26.4. The Morgan fingerprint density at radius 2 is 2.00 bits per heavy atom. The van der Waals surface area contributed by atoms with Crippen molar-refractivity contribution in [2.24, 2.45) is 11.8 Å². The van der Waals surface area contributed by atoms with Crippen LogP contribution in [0, 0.1) is 30.1 Å². The molecule has 0 aromatic heterocycles. The fourth-order valence-electron chi connectivity index (χ4n) is 2.75. The molecule has 1 saturated carbocycles. The molecule has 20 heavy (non-hydrogen) atoms. The van der Waals surface area contributed by atoms with Crippen LogP contribution in [0.4, 0.5) is 0 Å². The maximum absolute atomic E-state index is 12.5. The van der Waals surface area contributed by atoms with Crippen molar-refractivity contribution >= 4 is 10.0 Å². The zero-order valence-corrected chi connectivity index (χ0v) is 12.9. The van der Waals surface area contributed by atoms with Crippen LogP contribution in [-0.2, 0) is 10.0 Å². The Hall–Kier alpha value is -1.38. The summed E-state index contributed by atoms with van der Waals surface area (Å²) < 4.78 is 27.8. The van der Waals surface area contributed by atoms with Gasteiger partial charge in [-0.3, -0.25) is 0 Å². The van der Waals surface area contributed by atoms with Gasteiger partial charge in [-0.15, -0.1) is 0 Å². The van der Waals surface area contributed by atoms with E-state index in [1.165, 1.54) is 6.07 Å². The van der Waals surface area contributed by atoms with Crippen molar-refractivity contribution in [3.8, 4) is 6.07 Å². The molecule has 0 radical (unpaired) electrons. The lowest BCUT2D eigenvalue weighted by Gasteiger charge is -2.20. The first-order chi connectivity index (χ1) is 9.35. The number of aryl methyl sites for hydroxylation is 1. The minimum absolute atomic E-state index is 0.0138. The van der Waals surface area contributed by atoms with Crippen LogP contribution in [-0.4, -0.2) is 14.5 Å². The Morgan fingerprint density at radius 1 is 1.30 bits per heavy atom. The molecule has 0 amide bonds. The molecule has 0 bridgehead atoms. The Morgan fingerprint density at radius 3 is 2.55 bits per heavy atom. The topological polar surface area (TPSA) is 70.0 Å². The molecule has 1 aromatic carbocycles. The third-order valence-corrected chi connectivity index (χ3v) is 6.01. The second-order valence-corrected chi connectivity index (χ2v) is 7.42. The molecule has 108 valence electrons. The number of sulfonamides is 1. The molecular weight excluding hydrogens is 272 g/mol. The van der Waals surface area contributed by atoms with Crippen LogP contribution in [0.3, 0.4) is 0 Å². The van der Waals surface area contributed by atoms with Crippen LogP contribution in [0.2, 0.25) is 0 Å². The molecule has 4 nitrogen and oxygen atoms in total. The highest BCUT2D eigenvalue weighted by Crippen LogP contribution is 2.32. The molecular formula is C15H20N2O2S. The quantitative estimate of drug-likeness (QED) is 0.931. The van der Waals surface area contributed by atoms with Crippen molar-refractivity contribution < 1.29 is 8.42 Å². The number of hydrogen-bond acceptors (Lipinski definition) is 3. The van der Waals surface area contributed by atoms with Crippen LogP contribution >= 0.6 is 0 Å². The number of nitrogens with zero attached hydrogens (tertiary/aromatic N) is 1. The molecule has 1 aromatic rings. The molecule has 1 fully saturated rings. The lowest BCUT2D eigenvalue weighted by Crippen LogP contribution is -2.37. The van der Waals surface area contributed by atoms with E-state index in [4.69, 9.17) is 5.26 Å². The molecule has 1 N–H and O–H groups in total. The summed E-state index contributed by atoms with van der Waals surface area (Å²) >= 11 is 0. The van der Waals surface area contributed by atoms with Gasteiger partial charge in [0.25, 0.3) is 0 Å². The van der Waals surface area contributed by atoms with Gasteiger partial charge in [0.15, 0.2) is 0 Å². The van der Waals surface area contributed by atoms with Crippen molar-refractivity contribution in [1.82, 2.24) is 4.72 Å². The molecule has 0 aliphatic heterocycles. The van der Waals surface area contributed by atoms with E-state index in [0.717, 1.165) is 12.8 Å². The average Bonchev–Trinajstić information content (AvgIpc) is 2.70. The summed E-state index contributed by atoms with van der Waals surface area (Å²) in [6, 6.07) is 6.72. The second kappa shape index (κ2) is 5.55. The first kappa shape index (κ1) is 15.0. The maximum atomic E-state index is 12.5. The van der Waals surface area contributed by atoms with E-state index >= 15 is 0 Å². The molecule has 0 heterocycles. The fourth-order valence-corrected chi connectivity index (χ4v) is 4.39. The molecule has 0 saturated heterocycles. The van der Waals surface area contributed by atoms with Crippen molar-refractivity contribution in [3.63, 3.8) is 0 Å². The smallest absolute Gasteiger partial charge is 0.208 e. The predicted octanol–water partition coefficient (Wildman–Crippen LogP) is 2.58. The number of benzene rings is 1. The van der Waals surface area contributed by atoms with E-state index < -0.39 is 10.0 Å². The van der Waals surface area contributed by atoms with Crippen LogP contribution in [0.5, 0.6) is 0 Å². The van der Waals surface area contributed by atoms with Gasteiger partial charge in [0.1, 0.15) is 0 Å². The number of nitriles is 1. The van der Waals surface area contributed by atoms with Crippen molar-refractivity contribution in [2.75, 3.05) is 0 Å². The van der Waals surface area contributed by atoms with E-state index in [1.54, 1.807) is 19.1 Å². The molecule has 0 spiro atoms. The van der Waals surface area contributed by atoms with Crippen molar-refractivity contribution in [1.29, 1.82) is 5.26 Å². The molecule has 3 unspecified atom stereocenters. The third-order valence-electron chi connectivity index (χ3n) is 4.38. The van der Waals surface area contributed by atoms with Gasteiger partial charge in [0, 0.05) is 6.04 Å². The van der Waals surface area contributed by atoms with Crippen LogP contribution < -0.4 is 4.72 Å². The van der Waals surface area contributed by atoms with Gasteiger partial charge >= 0.3 is 0 Å². The highest BCUT2D eigenvalue weighted by Gasteiger charge is 2.33. The van der Waals surface area contributed by atoms with Gasteiger partial charge in [-0.25, -0.2) is 13.1 Å². The molecule has 1 aliphatic carbocycles. The SMILES string of the molecule is Cc1ccc(C#N)cc1S(=O)(=O)NC1CCC(C)C1C. The van der Waals surface area contributed by atoms with Gasteiger partial charge in [0.2, 0.25) is 10.0 Å². The van der Waals surface area contributed by atoms with Gasteiger partial charge in [0.05, 0.1) is 16.5 Å². The lowest BCUT2D eigenvalue weighted by atomic mass is 9.98. The molecule has 5 heteroatoms. The van der Waals surface area contributed by atoms with Crippen LogP contribution in [0.15, 0.2) is 23.1 Å². The maximum Gasteiger partial charge on any atom is 0.241 e. The zero-order valence-electron chi connectivity index (χ0n) is 12.1. The Labute approximate surface area is 120 Å². The van der Waals surface area contributed by atoms with Gasteiger partial charge in [-0.1, -0.05) is 19.9 Å². The standard InChI is InChI=1S/C15H20N2O2S/c1-10-5-7-14(12(10)3)17-20(18,19)15-8-13(9-16)6-4-11(15)2/h4,6,8,10,12,14,17H,5,7H2,1-3H3. The minimum Gasteiger partial charge on any atom is -0.208 e. The summed E-state index contributed by atoms with van der Waals surface area (Å²) in [6.45, 7) is 5.99. The summed E-state index contributed by atoms with van der Waals surface area (Å²) in [4.78, 5) is 0.211. The summed E-state index contributed by atoms with van der Waals surface area (Å²) in [5, 5.41) is 8.91. The summed E-state index contributed by atoms with van der Waals surface area (Å²) in [7, 11) is -3.56. The molecule has 1 aliphatic rings. The summed E-state index contributed by atoms with van der Waals surface area (Å²) in [5.41, 5.74) is 1.03. The van der Waals surface area contributed by atoms with Gasteiger partial charge in [-0.2, -0.15) is 5.26 Å². The van der Waals surface area contributed by atoms with E-state index in [9.17, 15) is 8.42 Å². The van der Waals surface area contributed by atoms with E-state index in [2.05, 4.69) is 18.6 Å². The van der Waals surface area contributed by atoms with E-state index in [1.807, 2.05) is 6.07 Å². The number of nitrogens with one attached hydrogen (secondary N) is 1. The monoisotopic (exact) mass is 292 g/mol. The highest BCUT2D eigenvalue weighted by molar-refractivity contribution is 7.89. The summed E-state index contributed by atoms with van der Waals surface area (Å²) in [6.07, 6.45) is 1.92. The van der Waals surface area contributed by atoms with Gasteiger partial charge in [-0.05, 0) is 49.3 Å². The van der Waals surface area contributed by atoms with Gasteiger partial charge < -0.3 is 0 Å². The number of hydrogen-bond donors (Lipinski definition) is 1. The van der Waals surface area contributed by atoms with Crippen LogP contribution in [0.25, 0.3) is 0 Å².